The Balaban J connectivity index is 2.31. The van der Waals surface area contributed by atoms with E-state index >= 15 is 0 Å². The first-order valence-corrected chi connectivity index (χ1v) is 8.21. The molecule has 2 heterocycles. The minimum Gasteiger partial charge on any atom is -0.344 e. The quantitative estimate of drug-likeness (QED) is 0.635. The van der Waals surface area contributed by atoms with Crippen molar-refractivity contribution in [2.24, 2.45) is 0 Å². The fourth-order valence-corrected chi connectivity index (χ4v) is 3.27. The SMILES string of the molecule is CCCn1c(C(C)C)c(C(=O)c2cccnc2)c2ccccc21. The van der Waals surface area contributed by atoms with Crippen molar-refractivity contribution in [3.63, 3.8) is 0 Å². The van der Waals surface area contributed by atoms with Crippen LogP contribution in [-0.2, 0) is 6.54 Å². The lowest BCUT2D eigenvalue weighted by atomic mass is 9.96. The Bertz CT molecular complexity index is 831. The minimum absolute atomic E-state index is 0.0628. The average molecular weight is 306 g/mol. The normalized spacial score (nSPS) is 11.3. The van der Waals surface area contributed by atoms with Gasteiger partial charge in [-0.15, -0.1) is 0 Å². The van der Waals surface area contributed by atoms with Crippen molar-refractivity contribution in [1.82, 2.24) is 9.55 Å². The zero-order valence-corrected chi connectivity index (χ0v) is 13.9. The molecule has 0 unspecified atom stereocenters. The van der Waals surface area contributed by atoms with E-state index in [4.69, 9.17) is 0 Å². The number of ketones is 1. The number of hydrogen-bond donors (Lipinski definition) is 0. The van der Waals surface area contributed by atoms with Gasteiger partial charge in [-0.05, 0) is 30.5 Å². The third kappa shape index (κ3) is 2.67. The Morgan fingerprint density at radius 2 is 1.96 bits per heavy atom. The second-order valence-corrected chi connectivity index (χ2v) is 6.15. The molecule has 0 atom stereocenters. The number of rotatable bonds is 5. The summed E-state index contributed by atoms with van der Waals surface area (Å²) in [7, 11) is 0. The van der Waals surface area contributed by atoms with Crippen LogP contribution in [0.4, 0.5) is 0 Å². The summed E-state index contributed by atoms with van der Waals surface area (Å²) in [6, 6.07) is 11.9. The highest BCUT2D eigenvalue weighted by molar-refractivity contribution is 6.17. The van der Waals surface area contributed by atoms with Crippen molar-refractivity contribution in [3.05, 3.63) is 65.6 Å². The van der Waals surface area contributed by atoms with E-state index in [9.17, 15) is 4.79 Å². The average Bonchev–Trinajstić information content (AvgIpc) is 2.90. The first kappa shape index (κ1) is 15.5. The Morgan fingerprint density at radius 1 is 1.17 bits per heavy atom. The minimum atomic E-state index is 0.0628. The van der Waals surface area contributed by atoms with Crippen LogP contribution in [0.25, 0.3) is 10.9 Å². The van der Waals surface area contributed by atoms with E-state index in [0.717, 1.165) is 35.1 Å². The molecule has 2 aromatic heterocycles. The predicted octanol–water partition coefficient (Wildman–Crippen LogP) is 4.80. The van der Waals surface area contributed by atoms with Crippen LogP contribution in [0.3, 0.4) is 0 Å². The number of fused-ring (bicyclic) bond motifs is 1. The van der Waals surface area contributed by atoms with Gasteiger partial charge in [0.2, 0.25) is 0 Å². The van der Waals surface area contributed by atoms with E-state index in [1.807, 2.05) is 24.3 Å². The molecule has 0 radical (unpaired) electrons. The number of hydrogen-bond acceptors (Lipinski definition) is 2. The Morgan fingerprint density at radius 3 is 2.61 bits per heavy atom. The highest BCUT2D eigenvalue weighted by Gasteiger charge is 2.24. The number of carbonyl (C=O) groups is 1. The first-order valence-electron chi connectivity index (χ1n) is 8.21. The second kappa shape index (κ2) is 6.37. The second-order valence-electron chi connectivity index (χ2n) is 6.15. The lowest BCUT2D eigenvalue weighted by Gasteiger charge is -2.14. The highest BCUT2D eigenvalue weighted by atomic mass is 16.1. The number of aromatic nitrogens is 2. The Labute approximate surface area is 137 Å². The molecule has 1 aromatic carbocycles. The molecular weight excluding hydrogens is 284 g/mol. The van der Waals surface area contributed by atoms with Crippen molar-refractivity contribution in [2.75, 3.05) is 0 Å². The fourth-order valence-electron chi connectivity index (χ4n) is 3.27. The zero-order valence-electron chi connectivity index (χ0n) is 13.9. The van der Waals surface area contributed by atoms with Crippen LogP contribution in [0.2, 0.25) is 0 Å². The third-order valence-electron chi connectivity index (χ3n) is 4.16. The number of para-hydroxylation sites is 1. The summed E-state index contributed by atoms with van der Waals surface area (Å²) in [5.41, 5.74) is 3.75. The van der Waals surface area contributed by atoms with E-state index in [0.29, 0.717) is 5.56 Å². The van der Waals surface area contributed by atoms with Gasteiger partial charge in [-0.25, -0.2) is 0 Å². The van der Waals surface area contributed by atoms with Crippen molar-refractivity contribution in [3.8, 4) is 0 Å². The van der Waals surface area contributed by atoms with Crippen LogP contribution in [0.5, 0.6) is 0 Å². The van der Waals surface area contributed by atoms with Crippen LogP contribution in [0.1, 0.15) is 54.7 Å². The highest BCUT2D eigenvalue weighted by Crippen LogP contribution is 2.33. The number of pyridine rings is 1. The number of carbonyl (C=O) groups excluding carboxylic acids is 1. The molecule has 0 aliphatic carbocycles. The van der Waals surface area contributed by atoms with Gasteiger partial charge in [0.05, 0.1) is 5.56 Å². The van der Waals surface area contributed by atoms with Gasteiger partial charge >= 0.3 is 0 Å². The largest absolute Gasteiger partial charge is 0.344 e. The molecule has 0 N–H and O–H groups in total. The number of aryl methyl sites for hydroxylation is 1. The smallest absolute Gasteiger partial charge is 0.197 e. The summed E-state index contributed by atoms with van der Waals surface area (Å²) in [6.45, 7) is 7.40. The topological polar surface area (TPSA) is 34.9 Å². The molecule has 3 nitrogen and oxygen atoms in total. The summed E-state index contributed by atoms with van der Waals surface area (Å²) < 4.78 is 2.31. The van der Waals surface area contributed by atoms with Crippen molar-refractivity contribution < 1.29 is 4.79 Å². The molecule has 3 aromatic rings. The lowest BCUT2D eigenvalue weighted by molar-refractivity contribution is 0.103. The lowest BCUT2D eigenvalue weighted by Crippen LogP contribution is -2.10. The molecule has 0 aliphatic rings. The molecule has 0 fully saturated rings. The third-order valence-corrected chi connectivity index (χ3v) is 4.16. The molecule has 23 heavy (non-hydrogen) atoms. The van der Waals surface area contributed by atoms with E-state index in [-0.39, 0.29) is 11.7 Å². The van der Waals surface area contributed by atoms with Gasteiger partial charge in [-0.2, -0.15) is 0 Å². The summed E-state index contributed by atoms with van der Waals surface area (Å²) in [6.07, 6.45) is 4.39. The fraction of sp³-hybridized carbons (Fsp3) is 0.300. The van der Waals surface area contributed by atoms with Crippen LogP contribution in [0, 0.1) is 0 Å². The van der Waals surface area contributed by atoms with E-state index in [1.54, 1.807) is 12.4 Å². The first-order chi connectivity index (χ1) is 11.1. The molecule has 0 saturated carbocycles. The summed E-state index contributed by atoms with van der Waals surface area (Å²) in [5, 5.41) is 1.04. The molecule has 0 amide bonds. The van der Waals surface area contributed by atoms with Crippen LogP contribution in [0.15, 0.2) is 48.8 Å². The monoisotopic (exact) mass is 306 g/mol. The molecular formula is C20H22N2O. The van der Waals surface area contributed by atoms with Gasteiger partial charge in [0.1, 0.15) is 0 Å². The standard InChI is InChI=1S/C20H22N2O/c1-4-12-22-17-10-6-5-9-16(17)18(19(22)14(2)3)20(23)15-8-7-11-21-13-15/h5-11,13-14H,4,12H2,1-3H3. The maximum absolute atomic E-state index is 13.1. The Kier molecular flexibility index (Phi) is 4.28. The molecule has 0 saturated heterocycles. The van der Waals surface area contributed by atoms with E-state index < -0.39 is 0 Å². The van der Waals surface area contributed by atoms with Gasteiger partial charge in [0, 0.05) is 41.1 Å². The van der Waals surface area contributed by atoms with Crippen LogP contribution in [-0.4, -0.2) is 15.3 Å². The predicted molar refractivity (Wildman–Crippen MR) is 94.0 cm³/mol. The molecule has 118 valence electrons. The van der Waals surface area contributed by atoms with Crippen molar-refractivity contribution >= 4 is 16.7 Å². The molecule has 3 heteroatoms. The van der Waals surface area contributed by atoms with Crippen LogP contribution < -0.4 is 0 Å². The zero-order chi connectivity index (χ0) is 16.4. The molecule has 3 rings (SSSR count). The molecule has 0 aliphatic heterocycles. The van der Waals surface area contributed by atoms with Gasteiger partial charge in [-0.1, -0.05) is 39.0 Å². The van der Waals surface area contributed by atoms with Gasteiger partial charge in [0.25, 0.3) is 0 Å². The summed E-state index contributed by atoms with van der Waals surface area (Å²) >= 11 is 0. The maximum Gasteiger partial charge on any atom is 0.197 e. The van der Waals surface area contributed by atoms with Gasteiger partial charge in [-0.3, -0.25) is 9.78 Å². The van der Waals surface area contributed by atoms with Crippen LogP contribution >= 0.6 is 0 Å². The number of nitrogens with zero attached hydrogens (tertiary/aromatic N) is 2. The molecule has 0 spiro atoms. The van der Waals surface area contributed by atoms with Crippen molar-refractivity contribution in [2.45, 2.75) is 39.7 Å². The van der Waals surface area contributed by atoms with Gasteiger partial charge < -0.3 is 4.57 Å². The maximum atomic E-state index is 13.1. The van der Waals surface area contributed by atoms with E-state index in [2.05, 4.69) is 42.5 Å². The summed E-state index contributed by atoms with van der Waals surface area (Å²) in [4.78, 5) is 17.3. The summed E-state index contributed by atoms with van der Waals surface area (Å²) in [5.74, 6) is 0.345. The Hall–Kier alpha value is -2.42. The molecule has 0 bridgehead atoms. The van der Waals surface area contributed by atoms with E-state index in [1.165, 1.54) is 0 Å². The van der Waals surface area contributed by atoms with Crippen molar-refractivity contribution in [1.29, 1.82) is 0 Å². The van der Waals surface area contributed by atoms with Gasteiger partial charge in [0.15, 0.2) is 5.78 Å². The number of benzene rings is 1.